The minimum atomic E-state index is -0.175. The van der Waals surface area contributed by atoms with E-state index < -0.39 is 0 Å². The van der Waals surface area contributed by atoms with E-state index >= 15 is 0 Å². The fraction of sp³-hybridized carbons (Fsp3) is 0.435. The van der Waals surface area contributed by atoms with E-state index in [0.29, 0.717) is 29.6 Å². The highest BCUT2D eigenvalue weighted by molar-refractivity contribution is 6.00. The van der Waals surface area contributed by atoms with Gasteiger partial charge in [-0.1, -0.05) is 12.1 Å². The van der Waals surface area contributed by atoms with Gasteiger partial charge in [-0.25, -0.2) is 4.98 Å². The number of amides is 1. The van der Waals surface area contributed by atoms with Crippen molar-refractivity contribution in [1.29, 1.82) is 0 Å². The van der Waals surface area contributed by atoms with E-state index in [1.165, 1.54) is 5.56 Å². The van der Waals surface area contributed by atoms with Gasteiger partial charge in [0.15, 0.2) is 5.65 Å². The van der Waals surface area contributed by atoms with Gasteiger partial charge in [-0.05, 0) is 43.2 Å². The lowest BCUT2D eigenvalue weighted by Crippen LogP contribution is -2.54. The zero-order chi connectivity index (χ0) is 21.7. The van der Waals surface area contributed by atoms with E-state index in [9.17, 15) is 4.79 Å². The number of carbonyl (C=O) groups is 1. The van der Waals surface area contributed by atoms with Gasteiger partial charge in [0.2, 0.25) is 0 Å². The quantitative estimate of drug-likeness (QED) is 0.568. The van der Waals surface area contributed by atoms with Crippen molar-refractivity contribution in [2.45, 2.75) is 37.8 Å². The van der Waals surface area contributed by atoms with Crippen molar-refractivity contribution in [2.24, 2.45) is 5.92 Å². The van der Waals surface area contributed by atoms with E-state index in [1.807, 2.05) is 25.2 Å². The molecule has 2 aliphatic heterocycles. The van der Waals surface area contributed by atoms with Gasteiger partial charge in [-0.2, -0.15) is 9.61 Å². The Hall–Kier alpha value is -3.33. The molecule has 9 nitrogen and oxygen atoms in total. The molecule has 1 saturated carbocycles. The number of ether oxygens (including phenoxy) is 2. The van der Waals surface area contributed by atoms with Crippen LogP contribution in [0.2, 0.25) is 0 Å². The lowest BCUT2D eigenvalue weighted by atomic mass is 9.77. The average Bonchev–Trinajstić information content (AvgIpc) is 3.40. The Bertz CT molecular complexity index is 1190. The molecule has 3 N–H and O–H groups in total. The Balaban J connectivity index is 1.31. The summed E-state index contributed by atoms with van der Waals surface area (Å²) < 4.78 is 13.3. The van der Waals surface area contributed by atoms with Crippen molar-refractivity contribution in [3.05, 3.63) is 41.6 Å². The number of fused-ring (bicyclic) bond motifs is 3. The summed E-state index contributed by atoms with van der Waals surface area (Å²) >= 11 is 0. The number of anilines is 3. The first-order valence-corrected chi connectivity index (χ1v) is 11.2. The Labute approximate surface area is 185 Å². The topological polar surface area (TPSA) is 102 Å². The molecule has 0 radical (unpaired) electrons. The van der Waals surface area contributed by atoms with E-state index in [4.69, 9.17) is 14.5 Å². The SMILES string of the molecule is CNc1cc(Nc2cccc3c2OCCC3)nc2c(C(=O)NC3C[C@@H]4CCO[C@H]34)cnn12. The van der Waals surface area contributed by atoms with Gasteiger partial charge < -0.3 is 25.4 Å². The lowest BCUT2D eigenvalue weighted by Gasteiger charge is -2.39. The molecule has 1 unspecified atom stereocenters. The fourth-order valence-corrected chi connectivity index (χ4v) is 4.99. The van der Waals surface area contributed by atoms with E-state index in [2.05, 4.69) is 27.1 Å². The highest BCUT2D eigenvalue weighted by atomic mass is 16.5. The molecule has 2 aromatic heterocycles. The normalized spacial score (nSPS) is 23.6. The fourth-order valence-electron chi connectivity index (χ4n) is 4.99. The molecule has 3 atom stereocenters. The second kappa shape index (κ2) is 7.67. The van der Waals surface area contributed by atoms with Crippen LogP contribution in [0.4, 0.5) is 17.3 Å². The predicted molar refractivity (Wildman–Crippen MR) is 120 cm³/mol. The Morgan fingerprint density at radius 2 is 2.22 bits per heavy atom. The number of hydrogen-bond donors (Lipinski definition) is 3. The first-order chi connectivity index (χ1) is 15.7. The lowest BCUT2D eigenvalue weighted by molar-refractivity contribution is -0.000551. The molecule has 3 aromatic rings. The summed E-state index contributed by atoms with van der Waals surface area (Å²) in [6, 6.07) is 8.01. The highest BCUT2D eigenvalue weighted by Gasteiger charge is 2.46. The van der Waals surface area contributed by atoms with Gasteiger partial charge in [-0.15, -0.1) is 0 Å². The van der Waals surface area contributed by atoms with Crippen LogP contribution in [0.3, 0.4) is 0 Å². The molecule has 6 rings (SSSR count). The van der Waals surface area contributed by atoms with Crippen LogP contribution in [0.1, 0.15) is 35.2 Å². The minimum Gasteiger partial charge on any atom is -0.491 e. The summed E-state index contributed by atoms with van der Waals surface area (Å²) in [7, 11) is 1.82. The zero-order valence-electron chi connectivity index (χ0n) is 17.9. The van der Waals surface area contributed by atoms with Crippen molar-refractivity contribution in [3.8, 4) is 5.75 Å². The molecule has 2 fully saturated rings. The molecule has 166 valence electrons. The Kier molecular flexibility index (Phi) is 4.64. The van der Waals surface area contributed by atoms with Crippen LogP contribution in [-0.4, -0.2) is 52.9 Å². The third kappa shape index (κ3) is 3.15. The van der Waals surface area contributed by atoms with Crippen LogP contribution < -0.4 is 20.7 Å². The summed E-state index contributed by atoms with van der Waals surface area (Å²) in [6.07, 6.45) is 5.79. The summed E-state index contributed by atoms with van der Waals surface area (Å²) in [6.45, 7) is 1.49. The molecule has 3 aliphatic rings. The smallest absolute Gasteiger partial charge is 0.257 e. The summed E-state index contributed by atoms with van der Waals surface area (Å²) in [5.41, 5.74) is 2.99. The molecular formula is C23H26N6O3. The van der Waals surface area contributed by atoms with Crippen molar-refractivity contribution >= 4 is 28.9 Å². The van der Waals surface area contributed by atoms with Crippen LogP contribution in [-0.2, 0) is 11.2 Å². The van der Waals surface area contributed by atoms with Gasteiger partial charge in [0.1, 0.15) is 22.9 Å². The number of para-hydroxylation sites is 1. The highest BCUT2D eigenvalue weighted by Crippen LogP contribution is 2.39. The Morgan fingerprint density at radius 1 is 1.28 bits per heavy atom. The molecule has 0 bridgehead atoms. The number of aryl methyl sites for hydroxylation is 1. The molecule has 1 aromatic carbocycles. The monoisotopic (exact) mass is 434 g/mol. The maximum absolute atomic E-state index is 13.1. The number of hydrogen-bond acceptors (Lipinski definition) is 7. The Morgan fingerprint density at radius 3 is 3.09 bits per heavy atom. The minimum absolute atomic E-state index is 0.0584. The first kappa shape index (κ1) is 19.4. The molecule has 1 saturated heterocycles. The second-order valence-electron chi connectivity index (χ2n) is 8.64. The largest absolute Gasteiger partial charge is 0.491 e. The third-order valence-electron chi connectivity index (χ3n) is 6.70. The third-order valence-corrected chi connectivity index (χ3v) is 6.70. The predicted octanol–water partition coefficient (Wildman–Crippen LogP) is 2.75. The van der Waals surface area contributed by atoms with Crippen molar-refractivity contribution in [2.75, 3.05) is 30.9 Å². The van der Waals surface area contributed by atoms with Crippen molar-refractivity contribution in [3.63, 3.8) is 0 Å². The average molecular weight is 435 g/mol. The summed E-state index contributed by atoms with van der Waals surface area (Å²) in [4.78, 5) is 17.8. The van der Waals surface area contributed by atoms with Gasteiger partial charge in [-0.3, -0.25) is 4.79 Å². The number of carbonyl (C=O) groups excluding carboxylic acids is 1. The second-order valence-corrected chi connectivity index (χ2v) is 8.64. The number of nitrogens with zero attached hydrogens (tertiary/aromatic N) is 3. The van der Waals surface area contributed by atoms with Crippen LogP contribution in [0.25, 0.3) is 5.65 Å². The number of rotatable bonds is 5. The van der Waals surface area contributed by atoms with Gasteiger partial charge in [0, 0.05) is 19.7 Å². The molecule has 32 heavy (non-hydrogen) atoms. The molecular weight excluding hydrogens is 408 g/mol. The maximum Gasteiger partial charge on any atom is 0.257 e. The maximum atomic E-state index is 13.1. The number of nitrogens with one attached hydrogen (secondary N) is 3. The number of benzene rings is 1. The van der Waals surface area contributed by atoms with E-state index in [-0.39, 0.29) is 18.1 Å². The van der Waals surface area contributed by atoms with Crippen molar-refractivity contribution in [1.82, 2.24) is 19.9 Å². The molecule has 1 aliphatic carbocycles. The van der Waals surface area contributed by atoms with Crippen LogP contribution in [0.5, 0.6) is 5.75 Å². The molecule has 9 heteroatoms. The molecule has 0 spiro atoms. The first-order valence-electron chi connectivity index (χ1n) is 11.2. The van der Waals surface area contributed by atoms with E-state index in [0.717, 1.165) is 49.5 Å². The van der Waals surface area contributed by atoms with Crippen LogP contribution in [0, 0.1) is 5.92 Å². The van der Waals surface area contributed by atoms with Gasteiger partial charge >= 0.3 is 0 Å². The van der Waals surface area contributed by atoms with E-state index in [1.54, 1.807) is 10.7 Å². The standard InChI is InChI=1S/C23H26N6O3/c1-24-19-11-18(26-16-6-2-4-13-5-3-8-31-20(13)16)28-22-15(12-25-29(19)22)23(30)27-17-10-14-7-9-32-21(14)17/h2,4,6,11-12,14,17,21,24H,3,5,7-10H2,1H3,(H,26,28)(H,27,30)/t14-,17?,21-/m0/s1. The molecule has 4 heterocycles. The number of aromatic nitrogens is 3. The van der Waals surface area contributed by atoms with Crippen LogP contribution >= 0.6 is 0 Å². The summed E-state index contributed by atoms with van der Waals surface area (Å²) in [5.74, 6) is 2.61. The van der Waals surface area contributed by atoms with Gasteiger partial charge in [0.05, 0.1) is 30.6 Å². The summed E-state index contributed by atoms with van der Waals surface area (Å²) in [5, 5.41) is 14.0. The molecule has 1 amide bonds. The van der Waals surface area contributed by atoms with Crippen molar-refractivity contribution < 1.29 is 14.3 Å². The van der Waals surface area contributed by atoms with Gasteiger partial charge in [0.25, 0.3) is 5.91 Å². The zero-order valence-corrected chi connectivity index (χ0v) is 17.9. The van der Waals surface area contributed by atoms with Crippen LogP contribution in [0.15, 0.2) is 30.5 Å².